The molecule has 0 saturated carbocycles. The summed E-state index contributed by atoms with van der Waals surface area (Å²) in [6.45, 7) is 6.70. The van der Waals surface area contributed by atoms with Crippen LogP contribution in [0.1, 0.15) is 13.8 Å². The van der Waals surface area contributed by atoms with E-state index in [1.54, 1.807) is 0 Å². The maximum atomic E-state index is 11.7. The van der Waals surface area contributed by atoms with Crippen LogP contribution in [0.5, 0.6) is 0 Å². The van der Waals surface area contributed by atoms with Crippen molar-refractivity contribution in [3.8, 4) is 0 Å². The quantitative estimate of drug-likeness (QED) is 0.680. The van der Waals surface area contributed by atoms with Crippen molar-refractivity contribution in [3.05, 3.63) is 12.7 Å². The van der Waals surface area contributed by atoms with E-state index in [9.17, 15) is 9.59 Å². The Bertz CT molecular complexity index is 288. The predicted octanol–water partition coefficient (Wildman–Crippen LogP) is 1.12. The molecule has 0 bridgehead atoms. The van der Waals surface area contributed by atoms with Crippen LogP contribution in [-0.2, 0) is 14.3 Å². The average Bonchev–Trinajstić information content (AvgIpc) is 2.26. The number of carboxylic acid groups (broad SMARTS) is 1. The van der Waals surface area contributed by atoms with Crippen molar-refractivity contribution in [2.75, 3.05) is 26.9 Å². The molecule has 0 aromatic carbocycles. The summed E-state index contributed by atoms with van der Waals surface area (Å²) >= 11 is 0. The topological polar surface area (TPSA) is 76.1 Å². The van der Waals surface area contributed by atoms with E-state index >= 15 is 0 Å². The van der Waals surface area contributed by atoms with Gasteiger partial charge in [0.1, 0.15) is 12.1 Å². The molecule has 0 aliphatic rings. The molecule has 0 heterocycles. The summed E-state index contributed by atoms with van der Waals surface area (Å²) in [4.78, 5) is 23.9. The molecule has 6 heteroatoms. The van der Waals surface area contributed by atoms with E-state index in [1.165, 1.54) is 27.0 Å². The van der Waals surface area contributed by atoms with Crippen molar-refractivity contribution in [2.45, 2.75) is 19.4 Å². The number of nitrogens with zero attached hydrogens (tertiary/aromatic N) is 1. The zero-order valence-corrected chi connectivity index (χ0v) is 10.4. The molecule has 6 nitrogen and oxygen atoms in total. The van der Waals surface area contributed by atoms with Gasteiger partial charge in [-0.25, -0.2) is 9.59 Å². The Morgan fingerprint density at radius 1 is 1.47 bits per heavy atom. The molecule has 98 valence electrons. The highest BCUT2D eigenvalue weighted by Crippen LogP contribution is 2.16. The molecule has 0 aromatic heterocycles. The van der Waals surface area contributed by atoms with Gasteiger partial charge in [-0.1, -0.05) is 12.7 Å². The Kier molecular flexibility index (Phi) is 6.27. The number of carboxylic acids is 1. The zero-order chi connectivity index (χ0) is 13.5. The van der Waals surface area contributed by atoms with Crippen molar-refractivity contribution in [3.63, 3.8) is 0 Å². The molecule has 0 rings (SSSR count). The van der Waals surface area contributed by atoms with Crippen LogP contribution in [0.15, 0.2) is 12.7 Å². The van der Waals surface area contributed by atoms with Gasteiger partial charge in [-0.3, -0.25) is 4.90 Å². The monoisotopic (exact) mass is 245 g/mol. The van der Waals surface area contributed by atoms with Crippen LogP contribution >= 0.6 is 0 Å². The van der Waals surface area contributed by atoms with Gasteiger partial charge in [0.05, 0.1) is 6.61 Å². The summed E-state index contributed by atoms with van der Waals surface area (Å²) in [5.74, 6) is -1.11. The molecule has 0 aliphatic heterocycles. The normalized spacial score (nSPS) is 10.8. The first kappa shape index (κ1) is 15.4. The maximum Gasteiger partial charge on any atom is 0.411 e. The molecule has 0 radical (unpaired) electrons. The summed E-state index contributed by atoms with van der Waals surface area (Å²) in [7, 11) is 1.47. The van der Waals surface area contributed by atoms with E-state index in [4.69, 9.17) is 14.6 Å². The van der Waals surface area contributed by atoms with Crippen molar-refractivity contribution in [1.82, 2.24) is 4.90 Å². The van der Waals surface area contributed by atoms with Crippen LogP contribution < -0.4 is 0 Å². The minimum Gasteiger partial charge on any atom is -0.480 e. The predicted molar refractivity (Wildman–Crippen MR) is 61.8 cm³/mol. The lowest BCUT2D eigenvalue weighted by Gasteiger charge is -2.33. The lowest BCUT2D eigenvalue weighted by atomic mass is 10.0. The molecule has 1 N–H and O–H groups in total. The number of methoxy groups -OCH3 is 1. The van der Waals surface area contributed by atoms with E-state index in [-0.39, 0.29) is 19.8 Å². The first-order valence-corrected chi connectivity index (χ1v) is 5.15. The van der Waals surface area contributed by atoms with E-state index in [0.29, 0.717) is 0 Å². The number of carbonyl (C=O) groups excluding carboxylic acids is 1. The highest BCUT2D eigenvalue weighted by molar-refractivity contribution is 5.83. The van der Waals surface area contributed by atoms with E-state index in [0.717, 1.165) is 4.90 Å². The van der Waals surface area contributed by atoms with Gasteiger partial charge in [-0.15, -0.1) is 0 Å². The van der Waals surface area contributed by atoms with Crippen molar-refractivity contribution in [2.24, 2.45) is 0 Å². The summed E-state index contributed by atoms with van der Waals surface area (Å²) in [6.07, 6.45) is 0.717. The number of ether oxygens (including phenoxy) is 2. The van der Waals surface area contributed by atoms with Crippen LogP contribution in [0.2, 0.25) is 0 Å². The van der Waals surface area contributed by atoms with Gasteiger partial charge >= 0.3 is 12.1 Å². The maximum absolute atomic E-state index is 11.7. The molecular weight excluding hydrogens is 226 g/mol. The van der Waals surface area contributed by atoms with Crippen molar-refractivity contribution in [1.29, 1.82) is 0 Å². The smallest absolute Gasteiger partial charge is 0.411 e. The Morgan fingerprint density at radius 3 is 2.47 bits per heavy atom. The highest BCUT2D eigenvalue weighted by Gasteiger charge is 2.38. The van der Waals surface area contributed by atoms with Crippen LogP contribution in [0.3, 0.4) is 0 Å². The first-order chi connectivity index (χ1) is 7.87. The zero-order valence-electron chi connectivity index (χ0n) is 10.4. The lowest BCUT2D eigenvalue weighted by Crippen LogP contribution is -2.54. The Labute approximate surface area is 101 Å². The average molecular weight is 245 g/mol. The number of hydrogen-bond donors (Lipinski definition) is 1. The Hall–Kier alpha value is -1.56. The minimum absolute atomic E-state index is 0.0397. The SMILES string of the molecule is C=CCOC(=O)N(CCOC)C(C)(C)C(=O)O. The second kappa shape index (κ2) is 6.90. The standard InChI is InChI=1S/C11H19NO5/c1-5-7-17-10(15)12(6-8-16-4)11(2,3)9(13)14/h5H,1,6-8H2,2-4H3,(H,13,14). The fraction of sp³-hybridized carbons (Fsp3) is 0.636. The molecule has 0 aliphatic carbocycles. The van der Waals surface area contributed by atoms with Gasteiger partial charge < -0.3 is 14.6 Å². The first-order valence-electron chi connectivity index (χ1n) is 5.15. The van der Waals surface area contributed by atoms with E-state index in [2.05, 4.69) is 6.58 Å². The van der Waals surface area contributed by atoms with Crippen LogP contribution in [-0.4, -0.2) is 54.5 Å². The Balaban J connectivity index is 4.79. The lowest BCUT2D eigenvalue weighted by molar-refractivity contribution is -0.148. The van der Waals surface area contributed by atoms with Gasteiger partial charge in [0.2, 0.25) is 0 Å². The van der Waals surface area contributed by atoms with Gasteiger partial charge in [0.15, 0.2) is 0 Å². The number of amides is 1. The second-order valence-electron chi connectivity index (χ2n) is 3.87. The van der Waals surface area contributed by atoms with Crippen molar-refractivity contribution < 1.29 is 24.2 Å². The largest absolute Gasteiger partial charge is 0.480 e. The summed E-state index contributed by atoms with van der Waals surface area (Å²) in [5.41, 5.74) is -1.35. The third kappa shape index (κ3) is 4.44. The van der Waals surface area contributed by atoms with E-state index < -0.39 is 17.6 Å². The van der Waals surface area contributed by atoms with E-state index in [1.807, 2.05) is 0 Å². The fourth-order valence-electron chi connectivity index (χ4n) is 1.11. The van der Waals surface area contributed by atoms with Gasteiger partial charge in [0.25, 0.3) is 0 Å². The van der Waals surface area contributed by atoms with Gasteiger partial charge in [0, 0.05) is 13.7 Å². The third-order valence-electron chi connectivity index (χ3n) is 2.26. The summed E-state index contributed by atoms with van der Waals surface area (Å²) < 4.78 is 9.68. The number of aliphatic carboxylic acids is 1. The Morgan fingerprint density at radius 2 is 2.06 bits per heavy atom. The number of hydrogen-bond acceptors (Lipinski definition) is 4. The second-order valence-corrected chi connectivity index (χ2v) is 3.87. The minimum atomic E-state index is -1.35. The summed E-state index contributed by atoms with van der Waals surface area (Å²) in [6, 6.07) is 0. The summed E-state index contributed by atoms with van der Waals surface area (Å²) in [5, 5.41) is 9.07. The third-order valence-corrected chi connectivity index (χ3v) is 2.26. The molecule has 0 fully saturated rings. The van der Waals surface area contributed by atoms with Crippen LogP contribution in [0, 0.1) is 0 Å². The molecule has 1 amide bonds. The van der Waals surface area contributed by atoms with Gasteiger partial charge in [-0.05, 0) is 13.8 Å². The molecule has 0 unspecified atom stereocenters. The van der Waals surface area contributed by atoms with Crippen LogP contribution in [0.4, 0.5) is 4.79 Å². The number of rotatable bonds is 7. The molecule has 0 aromatic rings. The molecule has 0 spiro atoms. The molecule has 0 atom stereocenters. The highest BCUT2D eigenvalue weighted by atomic mass is 16.6. The number of carbonyl (C=O) groups is 2. The molecule has 0 saturated heterocycles. The fourth-order valence-corrected chi connectivity index (χ4v) is 1.11. The molecule has 17 heavy (non-hydrogen) atoms. The van der Waals surface area contributed by atoms with Crippen molar-refractivity contribution >= 4 is 12.1 Å². The van der Waals surface area contributed by atoms with Gasteiger partial charge in [-0.2, -0.15) is 0 Å². The molecular formula is C11H19NO5. The van der Waals surface area contributed by atoms with Crippen LogP contribution in [0.25, 0.3) is 0 Å².